The molecule has 130 valence electrons. The van der Waals surface area contributed by atoms with Gasteiger partial charge in [-0.25, -0.2) is 0 Å². The van der Waals surface area contributed by atoms with Gasteiger partial charge in [0.05, 0.1) is 6.61 Å². The van der Waals surface area contributed by atoms with Crippen LogP contribution in [0.1, 0.15) is 64.2 Å². The lowest BCUT2D eigenvalue weighted by Gasteiger charge is -2.22. The van der Waals surface area contributed by atoms with Gasteiger partial charge >= 0.3 is 0 Å². The lowest BCUT2D eigenvalue weighted by Crippen LogP contribution is -2.22. The van der Waals surface area contributed by atoms with E-state index in [0.717, 1.165) is 44.8 Å². The van der Waals surface area contributed by atoms with E-state index in [2.05, 4.69) is 0 Å². The van der Waals surface area contributed by atoms with Gasteiger partial charge < -0.3 is 14.2 Å². The SMILES string of the molecule is c1ccc(OCCCCCCCCCOC2CCCCO2)cc1. The van der Waals surface area contributed by atoms with Gasteiger partial charge in [-0.15, -0.1) is 0 Å². The first-order valence-electron chi connectivity index (χ1n) is 9.36. The first kappa shape index (κ1) is 18.3. The van der Waals surface area contributed by atoms with Gasteiger partial charge in [-0.05, 0) is 44.2 Å². The standard InChI is InChI=1S/C20H32O3/c1(2-4-10-16-21-19-13-7-6-8-14-19)3-5-11-17-22-20-15-9-12-18-23-20/h6-8,13-14,20H,1-5,9-12,15-18H2. The minimum absolute atomic E-state index is 0.0772. The smallest absolute Gasteiger partial charge is 0.157 e. The van der Waals surface area contributed by atoms with E-state index in [9.17, 15) is 0 Å². The summed E-state index contributed by atoms with van der Waals surface area (Å²) >= 11 is 0. The molecule has 0 saturated carbocycles. The molecular weight excluding hydrogens is 288 g/mol. The third-order valence-corrected chi connectivity index (χ3v) is 4.24. The molecule has 1 fully saturated rings. The highest BCUT2D eigenvalue weighted by atomic mass is 16.7. The highest BCUT2D eigenvalue weighted by Crippen LogP contribution is 2.15. The molecular formula is C20H32O3. The third-order valence-electron chi connectivity index (χ3n) is 4.24. The van der Waals surface area contributed by atoms with Gasteiger partial charge in [-0.2, -0.15) is 0 Å². The molecule has 23 heavy (non-hydrogen) atoms. The molecule has 0 radical (unpaired) electrons. The van der Waals surface area contributed by atoms with Gasteiger partial charge in [0.1, 0.15) is 5.75 Å². The second-order valence-electron chi connectivity index (χ2n) is 6.30. The van der Waals surface area contributed by atoms with Crippen LogP contribution in [0.5, 0.6) is 5.75 Å². The molecule has 1 aromatic carbocycles. The van der Waals surface area contributed by atoms with E-state index >= 15 is 0 Å². The van der Waals surface area contributed by atoms with Crippen LogP contribution >= 0.6 is 0 Å². The summed E-state index contributed by atoms with van der Waals surface area (Å²) in [6, 6.07) is 10.1. The number of para-hydroxylation sites is 1. The lowest BCUT2D eigenvalue weighted by molar-refractivity contribution is -0.162. The fraction of sp³-hybridized carbons (Fsp3) is 0.700. The Labute approximate surface area is 141 Å². The van der Waals surface area contributed by atoms with Crippen LogP contribution in [-0.4, -0.2) is 26.1 Å². The Morgan fingerprint density at radius 2 is 1.52 bits per heavy atom. The predicted molar refractivity (Wildman–Crippen MR) is 93.8 cm³/mol. The van der Waals surface area contributed by atoms with E-state index in [1.807, 2.05) is 30.3 Å². The number of ether oxygens (including phenoxy) is 3. The molecule has 0 spiro atoms. The Kier molecular flexibility index (Phi) is 9.83. The van der Waals surface area contributed by atoms with Crippen molar-refractivity contribution < 1.29 is 14.2 Å². The number of hydrogen-bond acceptors (Lipinski definition) is 3. The molecule has 2 rings (SSSR count). The van der Waals surface area contributed by atoms with Crippen LogP contribution in [0.3, 0.4) is 0 Å². The maximum absolute atomic E-state index is 5.75. The fourth-order valence-electron chi connectivity index (χ4n) is 2.85. The number of benzene rings is 1. The first-order chi connectivity index (χ1) is 11.4. The van der Waals surface area contributed by atoms with Crippen molar-refractivity contribution in [1.29, 1.82) is 0 Å². The van der Waals surface area contributed by atoms with Gasteiger partial charge in [-0.1, -0.05) is 50.3 Å². The average Bonchev–Trinajstić information content (AvgIpc) is 2.61. The van der Waals surface area contributed by atoms with Crippen LogP contribution in [0, 0.1) is 0 Å². The predicted octanol–water partition coefficient (Wildman–Crippen LogP) is 5.34. The Balaban J connectivity index is 1.30. The van der Waals surface area contributed by atoms with E-state index in [4.69, 9.17) is 14.2 Å². The summed E-state index contributed by atoms with van der Waals surface area (Å²) in [5.41, 5.74) is 0. The molecule has 0 amide bonds. The summed E-state index contributed by atoms with van der Waals surface area (Å²) in [6.45, 7) is 2.56. The van der Waals surface area contributed by atoms with Gasteiger partial charge in [-0.3, -0.25) is 0 Å². The van der Waals surface area contributed by atoms with Gasteiger partial charge in [0, 0.05) is 13.2 Å². The molecule has 0 bridgehead atoms. The normalized spacial score (nSPS) is 18.0. The molecule has 1 aliphatic heterocycles. The summed E-state index contributed by atoms with van der Waals surface area (Å²) in [5.74, 6) is 0.981. The van der Waals surface area contributed by atoms with Crippen LogP contribution in [0.25, 0.3) is 0 Å². The molecule has 3 heteroatoms. The Hall–Kier alpha value is -1.06. The molecule has 1 saturated heterocycles. The van der Waals surface area contributed by atoms with Crippen molar-refractivity contribution in [3.8, 4) is 5.75 Å². The second-order valence-corrected chi connectivity index (χ2v) is 6.30. The maximum atomic E-state index is 5.75. The quantitative estimate of drug-likeness (QED) is 0.487. The van der Waals surface area contributed by atoms with E-state index in [0.29, 0.717) is 0 Å². The van der Waals surface area contributed by atoms with E-state index in [-0.39, 0.29) is 6.29 Å². The topological polar surface area (TPSA) is 27.7 Å². The minimum Gasteiger partial charge on any atom is -0.494 e. The molecule has 1 aromatic rings. The van der Waals surface area contributed by atoms with Crippen molar-refractivity contribution in [2.45, 2.75) is 70.5 Å². The largest absolute Gasteiger partial charge is 0.494 e. The molecule has 3 nitrogen and oxygen atoms in total. The minimum atomic E-state index is 0.0772. The highest BCUT2D eigenvalue weighted by molar-refractivity contribution is 5.20. The number of rotatable bonds is 12. The molecule has 1 unspecified atom stereocenters. The van der Waals surface area contributed by atoms with Crippen LogP contribution in [0.2, 0.25) is 0 Å². The van der Waals surface area contributed by atoms with Crippen LogP contribution in [0.4, 0.5) is 0 Å². The van der Waals surface area contributed by atoms with Crippen LogP contribution in [-0.2, 0) is 9.47 Å². The van der Waals surface area contributed by atoms with Crippen LogP contribution < -0.4 is 4.74 Å². The van der Waals surface area contributed by atoms with Crippen molar-refractivity contribution in [2.24, 2.45) is 0 Å². The fourth-order valence-corrected chi connectivity index (χ4v) is 2.85. The van der Waals surface area contributed by atoms with Crippen molar-refractivity contribution in [3.63, 3.8) is 0 Å². The molecule has 1 aliphatic rings. The van der Waals surface area contributed by atoms with Crippen molar-refractivity contribution >= 4 is 0 Å². The molecule has 0 N–H and O–H groups in total. The van der Waals surface area contributed by atoms with Crippen molar-refractivity contribution in [2.75, 3.05) is 19.8 Å². The second kappa shape index (κ2) is 12.4. The first-order valence-corrected chi connectivity index (χ1v) is 9.36. The van der Waals surface area contributed by atoms with E-state index < -0.39 is 0 Å². The third kappa shape index (κ3) is 8.97. The zero-order valence-corrected chi connectivity index (χ0v) is 14.4. The van der Waals surface area contributed by atoms with Gasteiger partial charge in [0.25, 0.3) is 0 Å². The summed E-state index contributed by atoms with van der Waals surface area (Å²) < 4.78 is 17.0. The van der Waals surface area contributed by atoms with Gasteiger partial charge in [0.2, 0.25) is 0 Å². The average molecular weight is 320 g/mol. The maximum Gasteiger partial charge on any atom is 0.157 e. The Morgan fingerprint density at radius 3 is 2.22 bits per heavy atom. The highest BCUT2D eigenvalue weighted by Gasteiger charge is 2.13. The lowest BCUT2D eigenvalue weighted by atomic mass is 10.1. The van der Waals surface area contributed by atoms with Crippen molar-refractivity contribution in [1.82, 2.24) is 0 Å². The summed E-state index contributed by atoms with van der Waals surface area (Å²) in [6.07, 6.45) is 12.4. The Morgan fingerprint density at radius 1 is 0.826 bits per heavy atom. The monoisotopic (exact) mass is 320 g/mol. The van der Waals surface area contributed by atoms with Crippen LogP contribution in [0.15, 0.2) is 30.3 Å². The van der Waals surface area contributed by atoms with Crippen molar-refractivity contribution in [3.05, 3.63) is 30.3 Å². The van der Waals surface area contributed by atoms with Gasteiger partial charge in [0.15, 0.2) is 6.29 Å². The summed E-state index contributed by atoms with van der Waals surface area (Å²) in [5, 5.41) is 0. The summed E-state index contributed by atoms with van der Waals surface area (Å²) in [4.78, 5) is 0. The molecule has 1 heterocycles. The Bertz CT molecular complexity index is 374. The van der Waals surface area contributed by atoms with E-state index in [1.54, 1.807) is 0 Å². The summed E-state index contributed by atoms with van der Waals surface area (Å²) in [7, 11) is 0. The number of hydrogen-bond donors (Lipinski definition) is 0. The molecule has 0 aliphatic carbocycles. The molecule has 0 aromatic heterocycles. The van der Waals surface area contributed by atoms with E-state index in [1.165, 1.54) is 44.9 Å². The number of unbranched alkanes of at least 4 members (excludes halogenated alkanes) is 6. The molecule has 1 atom stereocenters. The zero-order valence-electron chi connectivity index (χ0n) is 14.4. The zero-order chi connectivity index (χ0) is 16.0.